The highest BCUT2D eigenvalue weighted by atomic mass is 32.3. The minimum Gasteiger partial charge on any atom is -0.449 e. The molecule has 0 aromatic heterocycles. The van der Waals surface area contributed by atoms with Gasteiger partial charge in [0.25, 0.3) is 0 Å². The van der Waals surface area contributed by atoms with Crippen LogP contribution in [0.2, 0.25) is 0 Å². The number of hydrogen-bond acceptors (Lipinski definition) is 5. The maximum absolute atomic E-state index is 12.7. The molecule has 0 unspecified atom stereocenters. The second-order valence-electron chi connectivity index (χ2n) is 3.64. The van der Waals surface area contributed by atoms with E-state index in [0.717, 1.165) is 0 Å². The molecule has 5 nitrogen and oxygen atoms in total. The lowest BCUT2D eigenvalue weighted by molar-refractivity contribution is 0.439. The van der Waals surface area contributed by atoms with E-state index in [1.54, 1.807) is 0 Å². The minimum atomic E-state index is -5.59. The van der Waals surface area contributed by atoms with Gasteiger partial charge >= 0.3 is 27.7 Å². The van der Waals surface area contributed by atoms with Crippen molar-refractivity contribution in [1.82, 2.24) is 0 Å². The van der Waals surface area contributed by atoms with Crippen LogP contribution in [0.25, 0.3) is 0 Å². The molecule has 1 rings (SSSR count). The summed E-state index contributed by atoms with van der Waals surface area (Å²) in [6.07, 6.45) is -1.62. The highest BCUT2D eigenvalue weighted by molar-refractivity contribution is 7.86. The summed E-state index contributed by atoms with van der Waals surface area (Å²) < 4.78 is 107. The number of hydrogen-bond donors (Lipinski definition) is 0. The Morgan fingerprint density at radius 1 is 1.00 bits per heavy atom. The van der Waals surface area contributed by atoms with Gasteiger partial charge in [-0.1, -0.05) is 15.8 Å². The van der Waals surface area contributed by atoms with Crippen LogP contribution in [0.5, 0.6) is 5.75 Å². The Morgan fingerprint density at radius 2 is 1.55 bits per heavy atom. The van der Waals surface area contributed by atoms with Gasteiger partial charge in [0.15, 0.2) is 0 Å². The van der Waals surface area contributed by atoms with Crippen molar-refractivity contribution >= 4 is 27.7 Å². The molecular weight excluding hydrogens is 334 g/mol. The van der Waals surface area contributed by atoms with Crippen LogP contribution >= 0.6 is 0 Å². The maximum Gasteiger partial charge on any atom is 0.488 e. The molecule has 0 N–H and O–H groups in total. The lowest BCUT2D eigenvalue weighted by Crippen LogP contribution is -2.19. The molecule has 1 aromatic carbocycles. The highest BCUT2D eigenvalue weighted by Crippen LogP contribution is 2.26. The summed E-state index contributed by atoms with van der Waals surface area (Å²) in [6.45, 7) is -5.41. The van der Waals surface area contributed by atoms with Crippen LogP contribution in [-0.4, -0.2) is 23.8 Å². The van der Waals surface area contributed by atoms with E-state index >= 15 is 0 Å². The van der Waals surface area contributed by atoms with E-state index in [1.807, 2.05) is 0 Å². The summed E-state index contributed by atoms with van der Waals surface area (Å²) in [5.74, 6) is -1.08. The van der Waals surface area contributed by atoms with Crippen molar-refractivity contribution in [2.75, 3.05) is 0 Å². The number of benzene rings is 1. The Bertz CT molecular complexity index is 712. The van der Waals surface area contributed by atoms with Crippen LogP contribution in [-0.2, 0) is 27.0 Å². The van der Waals surface area contributed by atoms with Gasteiger partial charge in [-0.25, -0.2) is 0 Å². The number of rotatable bonds is 5. The Morgan fingerprint density at radius 3 is 1.95 bits per heavy atom. The van der Waals surface area contributed by atoms with E-state index in [4.69, 9.17) is 0 Å². The maximum atomic E-state index is 12.7. The summed E-state index contributed by atoms with van der Waals surface area (Å²) in [5.41, 5.74) is -0.783. The Balaban J connectivity index is 3.36. The largest absolute Gasteiger partial charge is 0.488 e. The summed E-state index contributed by atoms with van der Waals surface area (Å²) in [7, 11) is -11.0. The standard InChI is InChI=1S/C7H5BF5O5S2/c9-8(10,11)4-5-1-6(18-20(13,16)17)3-7(2-5)19(12,14)15/h1-3H,4H2/q-1. The molecule has 0 aliphatic rings. The molecule has 0 aliphatic carbocycles. The van der Waals surface area contributed by atoms with Crippen molar-refractivity contribution in [1.29, 1.82) is 0 Å². The smallest absolute Gasteiger partial charge is 0.449 e. The molecule has 0 amide bonds. The van der Waals surface area contributed by atoms with Gasteiger partial charge in [0.1, 0.15) is 10.6 Å². The molecule has 20 heavy (non-hydrogen) atoms. The van der Waals surface area contributed by atoms with Crippen LogP contribution in [0.4, 0.5) is 20.7 Å². The SMILES string of the molecule is O=S(=O)(F)Oc1cc(C[B-](F)(F)F)cc(S(=O)(=O)F)c1. The fourth-order valence-corrected chi connectivity index (χ4v) is 2.19. The van der Waals surface area contributed by atoms with Crippen molar-refractivity contribution in [2.24, 2.45) is 0 Å². The average molecular weight is 339 g/mol. The Hall–Kier alpha value is -1.37. The van der Waals surface area contributed by atoms with Crippen LogP contribution in [0.3, 0.4) is 0 Å². The molecule has 0 bridgehead atoms. The average Bonchev–Trinajstić information content (AvgIpc) is 2.09. The molecule has 1 aromatic rings. The fraction of sp³-hybridized carbons (Fsp3) is 0.143. The van der Waals surface area contributed by atoms with Gasteiger partial charge in [-0.05, 0) is 12.1 Å². The van der Waals surface area contributed by atoms with Crippen LogP contribution in [0.15, 0.2) is 23.1 Å². The fourth-order valence-electron chi connectivity index (χ4n) is 1.32. The molecule has 0 saturated carbocycles. The van der Waals surface area contributed by atoms with Gasteiger partial charge in [0.2, 0.25) is 0 Å². The van der Waals surface area contributed by atoms with E-state index in [9.17, 15) is 37.6 Å². The van der Waals surface area contributed by atoms with Crippen molar-refractivity contribution in [3.63, 3.8) is 0 Å². The lowest BCUT2D eigenvalue weighted by Gasteiger charge is -2.14. The first kappa shape index (κ1) is 16.7. The molecule has 0 fully saturated rings. The van der Waals surface area contributed by atoms with Crippen LogP contribution in [0, 0.1) is 0 Å². The molecular formula is C7H5BF5O5S2-. The first-order valence-electron chi connectivity index (χ1n) is 4.70. The molecule has 0 spiro atoms. The third kappa shape index (κ3) is 5.73. The second kappa shape index (κ2) is 5.20. The van der Waals surface area contributed by atoms with Gasteiger partial charge in [-0.2, -0.15) is 16.8 Å². The molecule has 0 atom stereocenters. The zero-order valence-corrected chi connectivity index (χ0v) is 10.9. The molecule has 0 heterocycles. The van der Waals surface area contributed by atoms with E-state index in [-0.39, 0.29) is 6.07 Å². The summed E-state index contributed by atoms with van der Waals surface area (Å²) in [4.78, 5) is -1.27. The molecule has 0 saturated heterocycles. The van der Waals surface area contributed by atoms with Crippen molar-refractivity contribution in [2.45, 2.75) is 11.2 Å². The van der Waals surface area contributed by atoms with Crippen LogP contribution in [0.1, 0.15) is 5.56 Å². The second-order valence-corrected chi connectivity index (χ2v) is 5.94. The van der Waals surface area contributed by atoms with Crippen LogP contribution < -0.4 is 4.18 Å². The number of halogens is 5. The highest BCUT2D eigenvalue weighted by Gasteiger charge is 2.25. The summed E-state index contributed by atoms with van der Waals surface area (Å²) in [6, 6.07) is 1.04. The molecule has 114 valence electrons. The van der Waals surface area contributed by atoms with Gasteiger partial charge in [-0.3, -0.25) is 0 Å². The minimum absolute atomic E-state index is 0.249. The first-order chi connectivity index (χ1) is 8.76. The van der Waals surface area contributed by atoms with Gasteiger partial charge < -0.3 is 17.1 Å². The summed E-state index contributed by atoms with van der Waals surface area (Å²) >= 11 is 0. The van der Waals surface area contributed by atoms with Gasteiger partial charge in [-0.15, -0.1) is 3.89 Å². The van der Waals surface area contributed by atoms with Gasteiger partial charge in [0.05, 0.1) is 0 Å². The van der Waals surface area contributed by atoms with Gasteiger partial charge in [0, 0.05) is 6.07 Å². The summed E-state index contributed by atoms with van der Waals surface area (Å²) in [5, 5.41) is 0. The predicted octanol–water partition coefficient (Wildman–Crippen LogP) is 1.87. The van der Waals surface area contributed by atoms with E-state index < -0.39 is 50.2 Å². The zero-order valence-electron chi connectivity index (χ0n) is 9.26. The molecule has 0 aliphatic heterocycles. The molecule has 13 heteroatoms. The lowest BCUT2D eigenvalue weighted by atomic mass is 9.82. The zero-order chi connectivity index (χ0) is 15.8. The Labute approximate surface area is 111 Å². The van der Waals surface area contributed by atoms with Crippen molar-refractivity contribution in [3.05, 3.63) is 23.8 Å². The van der Waals surface area contributed by atoms with E-state index in [2.05, 4.69) is 4.18 Å². The van der Waals surface area contributed by atoms with E-state index in [0.29, 0.717) is 12.1 Å². The van der Waals surface area contributed by atoms with E-state index in [1.165, 1.54) is 0 Å². The third-order valence-corrected chi connectivity index (χ3v) is 3.07. The third-order valence-electron chi connectivity index (χ3n) is 1.88. The quantitative estimate of drug-likeness (QED) is 0.465. The normalized spacial score (nSPS) is 13.2. The van der Waals surface area contributed by atoms with Crippen molar-refractivity contribution in [3.8, 4) is 5.75 Å². The first-order valence-corrected chi connectivity index (χ1v) is 7.39. The Kier molecular flexibility index (Phi) is 4.34. The van der Waals surface area contributed by atoms with Crippen molar-refractivity contribution < 1.29 is 41.7 Å². The topological polar surface area (TPSA) is 77.5 Å². The predicted molar refractivity (Wildman–Crippen MR) is 58.2 cm³/mol. The monoisotopic (exact) mass is 339 g/mol. The molecule has 0 radical (unpaired) electrons.